The Hall–Kier alpha value is -1.06. The van der Waals surface area contributed by atoms with Crippen LogP contribution in [0.2, 0.25) is 0 Å². The van der Waals surface area contributed by atoms with Crippen LogP contribution >= 0.6 is 0 Å². The Morgan fingerprint density at radius 2 is 2.22 bits per heavy atom. The number of rotatable bonds is 6. The second kappa shape index (κ2) is 6.21. The molecule has 100 valence electrons. The zero-order chi connectivity index (χ0) is 13.0. The van der Waals surface area contributed by atoms with Crippen molar-refractivity contribution in [3.63, 3.8) is 0 Å². The normalized spacial score (nSPS) is 17.3. The van der Waals surface area contributed by atoms with Crippen LogP contribution in [-0.2, 0) is 4.74 Å². The van der Waals surface area contributed by atoms with Crippen molar-refractivity contribution in [1.29, 1.82) is 0 Å². The maximum absolute atomic E-state index is 5.32. The molecule has 0 aromatic heterocycles. The van der Waals surface area contributed by atoms with Crippen LogP contribution in [0.15, 0.2) is 18.2 Å². The highest BCUT2D eigenvalue weighted by atomic mass is 16.5. The molecule has 1 aliphatic heterocycles. The molecule has 1 fully saturated rings. The van der Waals surface area contributed by atoms with Gasteiger partial charge in [-0.25, -0.2) is 0 Å². The predicted octanol–water partition coefficient (Wildman–Crippen LogP) is 2.34. The van der Waals surface area contributed by atoms with Gasteiger partial charge in [0.15, 0.2) is 0 Å². The molecule has 0 amide bonds. The van der Waals surface area contributed by atoms with Crippen LogP contribution in [0.1, 0.15) is 23.5 Å². The van der Waals surface area contributed by atoms with Gasteiger partial charge >= 0.3 is 0 Å². The van der Waals surface area contributed by atoms with Crippen LogP contribution in [0.3, 0.4) is 0 Å². The van der Waals surface area contributed by atoms with Crippen molar-refractivity contribution in [2.24, 2.45) is 5.92 Å². The van der Waals surface area contributed by atoms with Crippen molar-refractivity contribution in [2.75, 3.05) is 33.9 Å². The van der Waals surface area contributed by atoms with Crippen molar-refractivity contribution in [3.05, 3.63) is 29.3 Å². The fourth-order valence-corrected chi connectivity index (χ4v) is 2.56. The van der Waals surface area contributed by atoms with Crippen molar-refractivity contribution < 1.29 is 9.47 Å². The van der Waals surface area contributed by atoms with Crippen LogP contribution < -0.4 is 10.1 Å². The lowest BCUT2D eigenvalue weighted by molar-refractivity contribution is -0.0384. The number of nitrogens with one attached hydrogen (secondary N) is 1. The number of hydrogen-bond donors (Lipinski definition) is 1. The van der Waals surface area contributed by atoms with E-state index in [9.17, 15) is 0 Å². The van der Waals surface area contributed by atoms with E-state index in [0.29, 0.717) is 5.92 Å². The maximum atomic E-state index is 5.32. The number of hydrogen-bond acceptors (Lipinski definition) is 3. The van der Waals surface area contributed by atoms with Crippen molar-refractivity contribution >= 4 is 0 Å². The molecule has 3 heteroatoms. The highest BCUT2D eigenvalue weighted by Crippen LogP contribution is 2.30. The molecule has 1 unspecified atom stereocenters. The number of ether oxygens (including phenoxy) is 2. The smallest absolute Gasteiger partial charge is 0.121 e. The Labute approximate surface area is 109 Å². The van der Waals surface area contributed by atoms with Gasteiger partial charge < -0.3 is 14.8 Å². The van der Waals surface area contributed by atoms with E-state index in [1.807, 2.05) is 7.05 Å². The van der Waals surface area contributed by atoms with Gasteiger partial charge in [-0.1, -0.05) is 12.1 Å². The van der Waals surface area contributed by atoms with E-state index < -0.39 is 0 Å². The largest absolute Gasteiger partial charge is 0.496 e. The van der Waals surface area contributed by atoms with E-state index >= 15 is 0 Å². The minimum Gasteiger partial charge on any atom is -0.496 e. The summed E-state index contributed by atoms with van der Waals surface area (Å²) in [4.78, 5) is 0. The zero-order valence-corrected chi connectivity index (χ0v) is 11.5. The van der Waals surface area contributed by atoms with E-state index in [4.69, 9.17) is 9.47 Å². The summed E-state index contributed by atoms with van der Waals surface area (Å²) >= 11 is 0. The number of benzene rings is 1. The third-order valence-corrected chi connectivity index (χ3v) is 3.67. The Kier molecular flexibility index (Phi) is 4.61. The van der Waals surface area contributed by atoms with Crippen LogP contribution in [0.5, 0.6) is 5.75 Å². The topological polar surface area (TPSA) is 30.5 Å². The van der Waals surface area contributed by atoms with E-state index in [1.54, 1.807) is 7.11 Å². The van der Waals surface area contributed by atoms with E-state index in [0.717, 1.165) is 31.4 Å². The molecule has 0 bridgehead atoms. The predicted molar refractivity (Wildman–Crippen MR) is 73.3 cm³/mol. The molecular weight excluding hydrogens is 226 g/mol. The summed E-state index contributed by atoms with van der Waals surface area (Å²) in [6, 6.07) is 6.51. The maximum Gasteiger partial charge on any atom is 0.121 e. The molecule has 1 N–H and O–H groups in total. The second-order valence-electron chi connectivity index (χ2n) is 5.12. The zero-order valence-electron chi connectivity index (χ0n) is 11.5. The molecule has 1 aromatic carbocycles. The molecule has 1 aromatic rings. The molecule has 0 saturated carbocycles. The summed E-state index contributed by atoms with van der Waals surface area (Å²) in [6.07, 6.45) is 1.20. The Morgan fingerprint density at radius 3 is 2.72 bits per heavy atom. The number of methoxy groups -OCH3 is 1. The summed E-state index contributed by atoms with van der Waals surface area (Å²) < 4.78 is 10.6. The van der Waals surface area contributed by atoms with Gasteiger partial charge in [-0.15, -0.1) is 0 Å². The third-order valence-electron chi connectivity index (χ3n) is 3.67. The molecule has 0 aliphatic carbocycles. The molecule has 0 radical (unpaired) electrons. The van der Waals surface area contributed by atoms with E-state index in [2.05, 4.69) is 30.4 Å². The summed E-state index contributed by atoms with van der Waals surface area (Å²) in [5, 5.41) is 3.30. The van der Waals surface area contributed by atoms with Crippen LogP contribution in [-0.4, -0.2) is 33.9 Å². The fourth-order valence-electron chi connectivity index (χ4n) is 2.56. The third kappa shape index (κ3) is 3.03. The Morgan fingerprint density at radius 1 is 1.44 bits per heavy atom. The Bertz CT molecular complexity index is 388. The standard InChI is InChI=1S/C15H23NO2/c1-11-6-13(4-5-15(11)17-3)14(8-16-2)7-12-9-18-10-12/h4-6,12,14,16H,7-10H2,1-3H3. The van der Waals surface area contributed by atoms with Gasteiger partial charge in [0, 0.05) is 12.5 Å². The van der Waals surface area contributed by atoms with Gasteiger partial charge in [-0.2, -0.15) is 0 Å². The Balaban J connectivity index is 2.10. The van der Waals surface area contributed by atoms with Gasteiger partial charge in [0.2, 0.25) is 0 Å². The first kappa shape index (κ1) is 13.4. The second-order valence-corrected chi connectivity index (χ2v) is 5.12. The number of likely N-dealkylation sites (N-methyl/N-ethyl adjacent to an activating group) is 1. The van der Waals surface area contributed by atoms with Crippen LogP contribution in [0, 0.1) is 12.8 Å². The molecule has 2 rings (SSSR count). The summed E-state index contributed by atoms with van der Waals surface area (Å²) in [6.45, 7) is 4.97. The quantitative estimate of drug-likeness (QED) is 0.839. The average molecular weight is 249 g/mol. The molecule has 1 aliphatic rings. The molecular formula is C15H23NO2. The summed E-state index contributed by atoms with van der Waals surface area (Å²) in [5.74, 6) is 2.26. The molecule has 3 nitrogen and oxygen atoms in total. The molecule has 1 atom stereocenters. The summed E-state index contributed by atoms with van der Waals surface area (Å²) in [5.41, 5.74) is 2.61. The lowest BCUT2D eigenvalue weighted by Gasteiger charge is -2.30. The fraction of sp³-hybridized carbons (Fsp3) is 0.600. The van der Waals surface area contributed by atoms with Crippen LogP contribution in [0.4, 0.5) is 0 Å². The highest BCUT2D eigenvalue weighted by molar-refractivity contribution is 5.37. The van der Waals surface area contributed by atoms with Gasteiger partial charge in [0.1, 0.15) is 5.75 Å². The monoisotopic (exact) mass is 249 g/mol. The van der Waals surface area contributed by atoms with E-state index in [1.165, 1.54) is 17.5 Å². The molecule has 0 spiro atoms. The summed E-state index contributed by atoms with van der Waals surface area (Å²) in [7, 11) is 3.74. The minimum absolute atomic E-state index is 0.563. The van der Waals surface area contributed by atoms with Crippen molar-refractivity contribution in [1.82, 2.24) is 5.32 Å². The van der Waals surface area contributed by atoms with E-state index in [-0.39, 0.29) is 0 Å². The van der Waals surface area contributed by atoms with Gasteiger partial charge in [0.25, 0.3) is 0 Å². The first-order valence-electron chi connectivity index (χ1n) is 6.61. The molecule has 1 saturated heterocycles. The van der Waals surface area contributed by atoms with Crippen molar-refractivity contribution in [3.8, 4) is 5.75 Å². The lowest BCUT2D eigenvalue weighted by Crippen LogP contribution is -2.31. The first-order chi connectivity index (χ1) is 8.74. The average Bonchev–Trinajstić information content (AvgIpc) is 2.32. The number of aryl methyl sites for hydroxylation is 1. The molecule has 18 heavy (non-hydrogen) atoms. The van der Waals surface area contributed by atoms with Gasteiger partial charge in [0.05, 0.1) is 20.3 Å². The van der Waals surface area contributed by atoms with Crippen molar-refractivity contribution in [2.45, 2.75) is 19.3 Å². The van der Waals surface area contributed by atoms with Gasteiger partial charge in [-0.05, 0) is 43.5 Å². The van der Waals surface area contributed by atoms with Gasteiger partial charge in [-0.3, -0.25) is 0 Å². The van der Waals surface area contributed by atoms with Crippen LogP contribution in [0.25, 0.3) is 0 Å². The lowest BCUT2D eigenvalue weighted by atomic mass is 9.87. The highest BCUT2D eigenvalue weighted by Gasteiger charge is 2.23. The SMILES string of the molecule is CNCC(CC1COC1)c1ccc(OC)c(C)c1. The minimum atomic E-state index is 0.563. The molecule has 1 heterocycles. The first-order valence-corrected chi connectivity index (χ1v) is 6.61.